The number of carbonyl (C=O) groups excluding carboxylic acids is 3. The second-order valence-electron chi connectivity index (χ2n) is 8.81. The van der Waals surface area contributed by atoms with Crippen LogP contribution in [0.25, 0.3) is 0 Å². The van der Waals surface area contributed by atoms with Gasteiger partial charge in [-0.1, -0.05) is 13.8 Å². The highest BCUT2D eigenvalue weighted by Crippen LogP contribution is 2.20. The molecule has 0 radical (unpaired) electrons. The van der Waals surface area contributed by atoms with Crippen LogP contribution >= 0.6 is 0 Å². The fourth-order valence-electron chi connectivity index (χ4n) is 3.72. The van der Waals surface area contributed by atoms with Crippen LogP contribution in [-0.4, -0.2) is 88.0 Å². The standard InChI is InChI=1S/C21H37N7O7/c1-11(2)16(27-17(31)12(22)7-8-15(29)30)18(32)26-13(5-3-9-25-21(23)24)19(33)28-10-4-6-14(28)20(34)35/h11-14,16H,3-10,22H2,1-2H3,(H,26,32)(H,27,31)(H,29,30)(H,34,35)(H4,23,24,25). The summed E-state index contributed by atoms with van der Waals surface area (Å²) >= 11 is 0. The van der Waals surface area contributed by atoms with E-state index in [0.29, 0.717) is 19.3 Å². The van der Waals surface area contributed by atoms with Crippen LogP contribution in [0.5, 0.6) is 0 Å². The SMILES string of the molecule is CC(C)C(NC(=O)C(N)CCC(=O)O)C(=O)NC(CCCN=C(N)N)C(=O)N1CCCC1C(=O)O. The number of likely N-dealkylation sites (tertiary alicyclic amines) is 1. The van der Waals surface area contributed by atoms with Gasteiger partial charge in [0, 0.05) is 19.5 Å². The van der Waals surface area contributed by atoms with Gasteiger partial charge in [-0.05, 0) is 38.0 Å². The van der Waals surface area contributed by atoms with Gasteiger partial charge in [-0.15, -0.1) is 0 Å². The van der Waals surface area contributed by atoms with Crippen molar-refractivity contribution in [1.29, 1.82) is 0 Å². The van der Waals surface area contributed by atoms with Crippen LogP contribution in [0.4, 0.5) is 0 Å². The maximum absolute atomic E-state index is 13.2. The third-order valence-electron chi connectivity index (χ3n) is 5.63. The van der Waals surface area contributed by atoms with Gasteiger partial charge in [-0.2, -0.15) is 0 Å². The Bertz CT molecular complexity index is 814. The van der Waals surface area contributed by atoms with Crippen molar-refractivity contribution in [2.75, 3.05) is 13.1 Å². The molecule has 14 heteroatoms. The fourth-order valence-corrected chi connectivity index (χ4v) is 3.72. The van der Waals surface area contributed by atoms with Gasteiger partial charge < -0.3 is 42.9 Å². The van der Waals surface area contributed by atoms with Crippen molar-refractivity contribution in [2.24, 2.45) is 28.1 Å². The van der Waals surface area contributed by atoms with E-state index in [9.17, 15) is 29.1 Å². The van der Waals surface area contributed by atoms with Crippen LogP contribution in [0, 0.1) is 5.92 Å². The van der Waals surface area contributed by atoms with Gasteiger partial charge >= 0.3 is 11.9 Å². The second-order valence-corrected chi connectivity index (χ2v) is 8.81. The summed E-state index contributed by atoms with van der Waals surface area (Å²) in [6, 6.07) is -4.22. The average molecular weight is 500 g/mol. The quantitative estimate of drug-likeness (QED) is 0.0781. The van der Waals surface area contributed by atoms with Gasteiger partial charge in [0.25, 0.3) is 0 Å². The molecule has 0 saturated carbocycles. The summed E-state index contributed by atoms with van der Waals surface area (Å²) in [4.78, 5) is 66.0. The Morgan fingerprint density at radius 1 is 1.06 bits per heavy atom. The van der Waals surface area contributed by atoms with Gasteiger partial charge in [0.05, 0.1) is 6.04 Å². The van der Waals surface area contributed by atoms with Crippen LogP contribution < -0.4 is 27.8 Å². The second kappa shape index (κ2) is 14.1. The number of carboxylic acid groups (broad SMARTS) is 2. The molecule has 0 aromatic carbocycles. The maximum Gasteiger partial charge on any atom is 0.326 e. The first-order chi connectivity index (χ1) is 16.3. The highest BCUT2D eigenvalue weighted by Gasteiger charge is 2.38. The number of nitrogens with one attached hydrogen (secondary N) is 2. The van der Waals surface area contributed by atoms with Gasteiger partial charge in [0.1, 0.15) is 18.1 Å². The topological polar surface area (TPSA) is 244 Å². The van der Waals surface area contributed by atoms with Gasteiger partial charge in [-0.3, -0.25) is 24.2 Å². The normalized spacial score (nSPS) is 17.8. The van der Waals surface area contributed by atoms with E-state index in [1.54, 1.807) is 13.8 Å². The van der Waals surface area contributed by atoms with Crippen molar-refractivity contribution in [1.82, 2.24) is 15.5 Å². The van der Waals surface area contributed by atoms with Crippen molar-refractivity contribution in [3.05, 3.63) is 0 Å². The van der Waals surface area contributed by atoms with Crippen molar-refractivity contribution < 1.29 is 34.2 Å². The smallest absolute Gasteiger partial charge is 0.326 e. The Labute approximate surface area is 203 Å². The fraction of sp³-hybridized carbons (Fsp3) is 0.714. The first-order valence-electron chi connectivity index (χ1n) is 11.5. The molecule has 10 N–H and O–H groups in total. The predicted octanol–water partition coefficient (Wildman–Crippen LogP) is -2.07. The Balaban J connectivity index is 2.98. The number of carboxylic acids is 2. The highest BCUT2D eigenvalue weighted by atomic mass is 16.4. The van der Waals surface area contributed by atoms with Crippen LogP contribution in [0.15, 0.2) is 4.99 Å². The molecule has 1 saturated heterocycles. The molecule has 0 spiro atoms. The molecule has 1 rings (SSSR count). The summed E-state index contributed by atoms with van der Waals surface area (Å²) in [7, 11) is 0. The molecule has 0 aromatic heterocycles. The number of hydrogen-bond acceptors (Lipinski definition) is 7. The number of carbonyl (C=O) groups is 5. The molecule has 0 aromatic rings. The summed E-state index contributed by atoms with van der Waals surface area (Å²) < 4.78 is 0. The van der Waals surface area contributed by atoms with E-state index in [1.807, 2.05) is 0 Å². The number of hydrogen-bond donors (Lipinski definition) is 7. The summed E-state index contributed by atoms with van der Waals surface area (Å²) in [5.74, 6) is -4.61. The van der Waals surface area contributed by atoms with Crippen molar-refractivity contribution in [2.45, 2.75) is 76.5 Å². The first kappa shape index (κ1) is 29.6. The number of amides is 3. The minimum atomic E-state index is -1.13. The molecule has 1 aliphatic rings. The molecular weight excluding hydrogens is 462 g/mol. The van der Waals surface area contributed by atoms with Gasteiger partial charge in [-0.25, -0.2) is 4.79 Å². The maximum atomic E-state index is 13.2. The van der Waals surface area contributed by atoms with Crippen molar-refractivity contribution in [3.63, 3.8) is 0 Å². The molecule has 35 heavy (non-hydrogen) atoms. The number of aliphatic imine (C=N–C) groups is 1. The zero-order chi connectivity index (χ0) is 26.7. The molecule has 1 aliphatic heterocycles. The number of nitrogens with two attached hydrogens (primary N) is 3. The summed E-state index contributed by atoms with van der Waals surface area (Å²) in [6.45, 7) is 3.82. The third kappa shape index (κ3) is 9.76. The van der Waals surface area contributed by atoms with E-state index in [-0.39, 0.29) is 44.2 Å². The molecule has 1 fully saturated rings. The average Bonchev–Trinajstić information content (AvgIpc) is 3.26. The molecule has 1 heterocycles. The van der Waals surface area contributed by atoms with E-state index in [0.717, 1.165) is 0 Å². The Hall–Kier alpha value is -3.42. The third-order valence-corrected chi connectivity index (χ3v) is 5.63. The lowest BCUT2D eigenvalue weighted by Gasteiger charge is -2.30. The number of rotatable bonds is 14. The van der Waals surface area contributed by atoms with Gasteiger partial charge in [0.15, 0.2) is 5.96 Å². The van der Waals surface area contributed by atoms with E-state index in [4.69, 9.17) is 22.3 Å². The van der Waals surface area contributed by atoms with E-state index in [1.165, 1.54) is 4.90 Å². The molecule has 4 unspecified atom stereocenters. The number of nitrogens with zero attached hydrogens (tertiary/aromatic N) is 2. The van der Waals surface area contributed by atoms with Crippen LogP contribution in [-0.2, 0) is 24.0 Å². The first-order valence-corrected chi connectivity index (χ1v) is 11.5. The molecule has 198 valence electrons. The van der Waals surface area contributed by atoms with Crippen LogP contribution in [0.2, 0.25) is 0 Å². The predicted molar refractivity (Wildman–Crippen MR) is 126 cm³/mol. The Kier molecular flexibility index (Phi) is 11.9. The summed E-state index contributed by atoms with van der Waals surface area (Å²) in [5.41, 5.74) is 16.4. The molecule has 14 nitrogen and oxygen atoms in total. The Morgan fingerprint density at radius 3 is 2.26 bits per heavy atom. The molecule has 0 aliphatic carbocycles. The van der Waals surface area contributed by atoms with E-state index < -0.39 is 53.8 Å². The molecule has 4 atom stereocenters. The molecular formula is C21H37N7O7. The lowest BCUT2D eigenvalue weighted by Crippen LogP contribution is -2.58. The lowest BCUT2D eigenvalue weighted by atomic mass is 10.0. The molecule has 3 amide bonds. The zero-order valence-corrected chi connectivity index (χ0v) is 20.1. The van der Waals surface area contributed by atoms with Crippen molar-refractivity contribution >= 4 is 35.6 Å². The summed E-state index contributed by atoms with van der Waals surface area (Å²) in [5, 5.41) is 23.4. The van der Waals surface area contributed by atoms with E-state index in [2.05, 4.69) is 15.6 Å². The molecule has 0 bridgehead atoms. The van der Waals surface area contributed by atoms with Crippen LogP contribution in [0.1, 0.15) is 52.4 Å². The zero-order valence-electron chi connectivity index (χ0n) is 20.1. The number of guanidine groups is 1. The Morgan fingerprint density at radius 2 is 1.71 bits per heavy atom. The van der Waals surface area contributed by atoms with Gasteiger partial charge in [0.2, 0.25) is 17.7 Å². The monoisotopic (exact) mass is 499 g/mol. The highest BCUT2D eigenvalue weighted by molar-refractivity contribution is 5.94. The van der Waals surface area contributed by atoms with Crippen molar-refractivity contribution in [3.8, 4) is 0 Å². The van der Waals surface area contributed by atoms with Crippen LogP contribution in [0.3, 0.4) is 0 Å². The number of aliphatic carboxylic acids is 2. The largest absolute Gasteiger partial charge is 0.481 e. The van der Waals surface area contributed by atoms with E-state index >= 15 is 0 Å². The lowest BCUT2D eigenvalue weighted by molar-refractivity contribution is -0.149. The minimum absolute atomic E-state index is 0.106. The summed E-state index contributed by atoms with van der Waals surface area (Å²) in [6.07, 6.45) is 0.899. The minimum Gasteiger partial charge on any atom is -0.481 e.